The number of aliphatic hydroxyl groups is 1. The lowest BCUT2D eigenvalue weighted by molar-refractivity contribution is -0.137. The molecule has 2 aromatic carbocycles. The van der Waals surface area contributed by atoms with Gasteiger partial charge in [0.25, 0.3) is 5.91 Å². The molecule has 0 aliphatic carbocycles. The highest BCUT2D eigenvalue weighted by Crippen LogP contribution is 2.30. The molecule has 0 unspecified atom stereocenters. The summed E-state index contributed by atoms with van der Waals surface area (Å²) >= 11 is 5.89. The topological polar surface area (TPSA) is 58.6 Å². The Morgan fingerprint density at radius 1 is 1.16 bits per heavy atom. The van der Waals surface area contributed by atoms with Gasteiger partial charge in [0.05, 0.1) is 16.1 Å². The van der Waals surface area contributed by atoms with Gasteiger partial charge < -0.3 is 15.2 Å². The molecule has 1 atom stereocenters. The van der Waals surface area contributed by atoms with Crippen LogP contribution in [-0.4, -0.2) is 30.3 Å². The second kappa shape index (κ2) is 8.22. The molecule has 2 aromatic rings. The van der Waals surface area contributed by atoms with Crippen LogP contribution in [0.15, 0.2) is 48.5 Å². The summed E-state index contributed by atoms with van der Waals surface area (Å²) < 4.78 is 42.5. The van der Waals surface area contributed by atoms with Crippen LogP contribution in [0.3, 0.4) is 0 Å². The molecule has 2 N–H and O–H groups in total. The number of hydrogen-bond acceptors (Lipinski definition) is 3. The average Bonchev–Trinajstić information content (AvgIpc) is 2.58. The standard InChI is InChI=1S/C17H15ClF3NO3/c18-15-4-2-1-3-14(15)16(24)22-9-12(23)10-25-13-7-5-11(6-8-13)17(19,20)21/h1-8,12,23H,9-10H2,(H,22,24)/t12-/m1/s1. The SMILES string of the molecule is O=C(NC[C@@H](O)COc1ccc(C(F)(F)F)cc1)c1ccccc1Cl. The summed E-state index contributed by atoms with van der Waals surface area (Å²) in [6, 6.07) is 10.6. The number of benzene rings is 2. The second-order valence-corrected chi connectivity index (χ2v) is 5.58. The van der Waals surface area contributed by atoms with Crippen molar-refractivity contribution in [3.8, 4) is 5.75 Å². The van der Waals surface area contributed by atoms with Crippen molar-refractivity contribution >= 4 is 17.5 Å². The maximum atomic E-state index is 12.4. The van der Waals surface area contributed by atoms with Gasteiger partial charge in [0.15, 0.2) is 0 Å². The molecule has 134 valence electrons. The van der Waals surface area contributed by atoms with E-state index >= 15 is 0 Å². The molecule has 0 aliphatic rings. The summed E-state index contributed by atoms with van der Waals surface area (Å²) in [6.07, 6.45) is -5.45. The number of alkyl halides is 3. The molecule has 0 bridgehead atoms. The van der Waals surface area contributed by atoms with Gasteiger partial charge in [0.1, 0.15) is 18.5 Å². The Hall–Kier alpha value is -2.25. The lowest BCUT2D eigenvalue weighted by Crippen LogP contribution is -2.35. The predicted octanol–water partition coefficient (Wildman–Crippen LogP) is 3.53. The van der Waals surface area contributed by atoms with Gasteiger partial charge in [-0.25, -0.2) is 0 Å². The molecule has 0 saturated carbocycles. The molecule has 0 heterocycles. The first-order chi connectivity index (χ1) is 11.8. The van der Waals surface area contributed by atoms with Crippen LogP contribution in [0.5, 0.6) is 5.75 Å². The zero-order valence-corrected chi connectivity index (χ0v) is 13.6. The smallest absolute Gasteiger partial charge is 0.416 e. The summed E-state index contributed by atoms with van der Waals surface area (Å²) in [7, 11) is 0. The maximum Gasteiger partial charge on any atom is 0.416 e. The van der Waals surface area contributed by atoms with E-state index in [-0.39, 0.29) is 29.5 Å². The minimum atomic E-state index is -4.42. The van der Waals surface area contributed by atoms with E-state index in [0.717, 1.165) is 24.3 Å². The van der Waals surface area contributed by atoms with Gasteiger partial charge >= 0.3 is 6.18 Å². The molecular formula is C17H15ClF3NO3. The quantitative estimate of drug-likeness (QED) is 0.814. The summed E-state index contributed by atoms with van der Waals surface area (Å²) in [4.78, 5) is 11.9. The summed E-state index contributed by atoms with van der Waals surface area (Å²) in [5, 5.41) is 12.6. The fraction of sp³-hybridized carbons (Fsp3) is 0.235. The molecule has 2 rings (SSSR count). The Kier molecular flexibility index (Phi) is 6.27. The lowest BCUT2D eigenvalue weighted by Gasteiger charge is -2.14. The monoisotopic (exact) mass is 373 g/mol. The number of carbonyl (C=O) groups excluding carboxylic acids is 1. The van der Waals surface area contributed by atoms with Crippen molar-refractivity contribution < 1.29 is 27.8 Å². The van der Waals surface area contributed by atoms with Crippen molar-refractivity contribution in [1.29, 1.82) is 0 Å². The van der Waals surface area contributed by atoms with Crippen molar-refractivity contribution in [2.24, 2.45) is 0 Å². The maximum absolute atomic E-state index is 12.4. The van der Waals surface area contributed by atoms with Gasteiger partial charge in [0.2, 0.25) is 0 Å². The minimum absolute atomic E-state index is 0.0926. The molecule has 0 spiro atoms. The molecule has 0 aromatic heterocycles. The largest absolute Gasteiger partial charge is 0.491 e. The molecule has 8 heteroatoms. The third-order valence-electron chi connectivity index (χ3n) is 3.24. The number of carbonyl (C=O) groups is 1. The van der Waals surface area contributed by atoms with Crippen molar-refractivity contribution in [2.75, 3.05) is 13.2 Å². The fourth-order valence-electron chi connectivity index (χ4n) is 1.94. The molecule has 1 amide bonds. The van der Waals surface area contributed by atoms with Gasteiger partial charge in [0, 0.05) is 6.54 Å². The van der Waals surface area contributed by atoms with E-state index in [4.69, 9.17) is 16.3 Å². The van der Waals surface area contributed by atoms with E-state index in [1.165, 1.54) is 0 Å². The number of hydrogen-bond donors (Lipinski definition) is 2. The van der Waals surface area contributed by atoms with Gasteiger partial charge in [-0.1, -0.05) is 23.7 Å². The third kappa shape index (κ3) is 5.65. The Bertz CT molecular complexity index is 720. The highest BCUT2D eigenvalue weighted by atomic mass is 35.5. The number of rotatable bonds is 6. The number of amides is 1. The zero-order chi connectivity index (χ0) is 18.4. The van der Waals surface area contributed by atoms with Gasteiger partial charge in [-0.2, -0.15) is 13.2 Å². The Balaban J connectivity index is 1.80. The molecule has 0 saturated heterocycles. The highest BCUT2D eigenvalue weighted by Gasteiger charge is 2.30. The molecule has 4 nitrogen and oxygen atoms in total. The second-order valence-electron chi connectivity index (χ2n) is 5.18. The Morgan fingerprint density at radius 2 is 1.80 bits per heavy atom. The van der Waals surface area contributed by atoms with Crippen molar-refractivity contribution in [1.82, 2.24) is 5.32 Å². The first-order valence-corrected chi connectivity index (χ1v) is 7.66. The third-order valence-corrected chi connectivity index (χ3v) is 3.57. The lowest BCUT2D eigenvalue weighted by atomic mass is 10.2. The molecule has 0 radical (unpaired) electrons. The van der Waals surface area contributed by atoms with Crippen LogP contribution in [0.1, 0.15) is 15.9 Å². The first kappa shape index (κ1) is 19.1. The number of halogens is 4. The van der Waals surface area contributed by atoms with Crippen LogP contribution in [0.2, 0.25) is 5.02 Å². The first-order valence-electron chi connectivity index (χ1n) is 7.28. The fourth-order valence-corrected chi connectivity index (χ4v) is 2.16. The molecule has 0 aliphatic heterocycles. The molecule has 25 heavy (non-hydrogen) atoms. The highest BCUT2D eigenvalue weighted by molar-refractivity contribution is 6.33. The predicted molar refractivity (Wildman–Crippen MR) is 86.7 cm³/mol. The zero-order valence-electron chi connectivity index (χ0n) is 12.9. The molecular weight excluding hydrogens is 359 g/mol. The number of aliphatic hydroxyl groups excluding tert-OH is 1. The summed E-state index contributed by atoms with van der Waals surface area (Å²) in [6.45, 7) is -0.279. The van der Waals surface area contributed by atoms with E-state index in [2.05, 4.69) is 5.32 Å². The normalized spacial score (nSPS) is 12.5. The van der Waals surface area contributed by atoms with E-state index in [0.29, 0.717) is 0 Å². The molecule has 0 fully saturated rings. The van der Waals surface area contributed by atoms with E-state index in [1.54, 1.807) is 24.3 Å². The average molecular weight is 374 g/mol. The van der Waals surface area contributed by atoms with E-state index in [9.17, 15) is 23.1 Å². The van der Waals surface area contributed by atoms with Crippen LogP contribution in [-0.2, 0) is 6.18 Å². The van der Waals surface area contributed by atoms with Crippen LogP contribution in [0, 0.1) is 0 Å². The van der Waals surface area contributed by atoms with Crippen LogP contribution < -0.4 is 10.1 Å². The van der Waals surface area contributed by atoms with Gasteiger partial charge in [-0.05, 0) is 36.4 Å². The van der Waals surface area contributed by atoms with Crippen LogP contribution >= 0.6 is 11.6 Å². The number of ether oxygens (including phenoxy) is 1. The van der Waals surface area contributed by atoms with Crippen LogP contribution in [0.25, 0.3) is 0 Å². The van der Waals surface area contributed by atoms with E-state index < -0.39 is 23.8 Å². The summed E-state index contributed by atoms with van der Waals surface area (Å²) in [5.41, 5.74) is -0.507. The van der Waals surface area contributed by atoms with Gasteiger partial charge in [-0.15, -0.1) is 0 Å². The van der Waals surface area contributed by atoms with Crippen molar-refractivity contribution in [2.45, 2.75) is 12.3 Å². The van der Waals surface area contributed by atoms with Gasteiger partial charge in [-0.3, -0.25) is 4.79 Å². The Morgan fingerprint density at radius 3 is 2.40 bits per heavy atom. The van der Waals surface area contributed by atoms with Crippen LogP contribution in [0.4, 0.5) is 13.2 Å². The summed E-state index contributed by atoms with van der Waals surface area (Å²) in [5.74, 6) is -0.260. The minimum Gasteiger partial charge on any atom is -0.491 e. The van der Waals surface area contributed by atoms with E-state index in [1.807, 2.05) is 0 Å². The van der Waals surface area contributed by atoms with Crippen molar-refractivity contribution in [3.05, 3.63) is 64.7 Å². The van der Waals surface area contributed by atoms with Crippen molar-refractivity contribution in [3.63, 3.8) is 0 Å². The number of nitrogens with one attached hydrogen (secondary N) is 1. The Labute approximate surface area is 147 Å².